The molecule has 7 nitrogen and oxygen atoms in total. The molecular weight excluding hydrogens is 296 g/mol. The maximum Gasteiger partial charge on any atom is 0.371 e. The van der Waals surface area contributed by atoms with Gasteiger partial charge < -0.3 is 14.8 Å². The lowest BCUT2D eigenvalue weighted by molar-refractivity contribution is 0.0660. The molecule has 0 aliphatic carbocycles. The highest BCUT2D eigenvalue weighted by atomic mass is 32.2. The van der Waals surface area contributed by atoms with Crippen LogP contribution in [-0.2, 0) is 16.6 Å². The number of sulfonamides is 1. The molecule has 0 aromatic carbocycles. The number of carboxylic acids is 1. The fourth-order valence-electron chi connectivity index (χ4n) is 2.35. The van der Waals surface area contributed by atoms with Crippen molar-refractivity contribution in [1.29, 1.82) is 0 Å². The van der Waals surface area contributed by atoms with Crippen LogP contribution in [0.2, 0.25) is 0 Å². The first kappa shape index (κ1) is 16.0. The van der Waals surface area contributed by atoms with Gasteiger partial charge in [0.25, 0.3) is 0 Å². The Labute approximate surface area is 124 Å². The van der Waals surface area contributed by atoms with Gasteiger partial charge in [-0.2, -0.15) is 0 Å². The van der Waals surface area contributed by atoms with Gasteiger partial charge in [0.2, 0.25) is 15.8 Å². The maximum absolute atomic E-state index is 11.7. The smallest absolute Gasteiger partial charge is 0.371 e. The zero-order chi connectivity index (χ0) is 15.5. The zero-order valence-electron chi connectivity index (χ0n) is 11.9. The van der Waals surface area contributed by atoms with E-state index in [1.54, 1.807) is 13.0 Å². The van der Waals surface area contributed by atoms with Crippen molar-refractivity contribution in [3.63, 3.8) is 0 Å². The van der Waals surface area contributed by atoms with Gasteiger partial charge in [-0.15, -0.1) is 0 Å². The Morgan fingerprint density at radius 2 is 2.10 bits per heavy atom. The lowest BCUT2D eigenvalue weighted by Crippen LogP contribution is -2.45. The predicted octanol–water partition coefficient (Wildman–Crippen LogP) is 0.881. The van der Waals surface area contributed by atoms with E-state index in [-0.39, 0.29) is 17.6 Å². The second-order valence-electron chi connectivity index (χ2n) is 5.03. The molecule has 0 unspecified atom stereocenters. The van der Waals surface area contributed by atoms with Crippen LogP contribution in [0.4, 0.5) is 0 Å². The summed E-state index contributed by atoms with van der Waals surface area (Å²) in [6, 6.07) is 3.27. The molecule has 0 atom stereocenters. The third-order valence-corrected chi connectivity index (χ3v) is 5.53. The highest BCUT2D eigenvalue weighted by Gasteiger charge is 2.26. The Morgan fingerprint density at radius 1 is 1.43 bits per heavy atom. The summed E-state index contributed by atoms with van der Waals surface area (Å²) in [5.74, 6) is -0.457. The summed E-state index contributed by atoms with van der Waals surface area (Å²) in [7, 11) is -3.10. The van der Waals surface area contributed by atoms with Gasteiger partial charge in [0, 0.05) is 19.1 Å². The Balaban J connectivity index is 1.80. The average Bonchev–Trinajstić information content (AvgIpc) is 2.95. The fraction of sp³-hybridized carbons (Fsp3) is 0.615. The first-order valence-corrected chi connectivity index (χ1v) is 8.56. The monoisotopic (exact) mass is 316 g/mol. The largest absolute Gasteiger partial charge is 0.475 e. The maximum atomic E-state index is 11.7. The molecule has 2 N–H and O–H groups in total. The zero-order valence-corrected chi connectivity index (χ0v) is 12.7. The molecule has 1 aromatic heterocycles. The van der Waals surface area contributed by atoms with Crippen molar-refractivity contribution in [2.24, 2.45) is 0 Å². The summed E-state index contributed by atoms with van der Waals surface area (Å²) in [4.78, 5) is 10.7. The number of carbonyl (C=O) groups is 1. The summed E-state index contributed by atoms with van der Waals surface area (Å²) in [5, 5.41) is 12.0. The van der Waals surface area contributed by atoms with E-state index >= 15 is 0 Å². The van der Waals surface area contributed by atoms with Crippen molar-refractivity contribution in [2.45, 2.75) is 32.4 Å². The van der Waals surface area contributed by atoms with E-state index in [4.69, 9.17) is 9.52 Å². The number of hydrogen-bond acceptors (Lipinski definition) is 5. The SMILES string of the molecule is CCS(=O)(=O)N1CCC(NCc2ccc(C(=O)O)o2)CC1. The number of piperidine rings is 1. The molecule has 1 aliphatic rings. The Kier molecular flexibility index (Phi) is 5.02. The van der Waals surface area contributed by atoms with Crippen LogP contribution in [0, 0.1) is 0 Å². The summed E-state index contributed by atoms with van der Waals surface area (Å²) in [6.45, 7) is 3.13. The highest BCUT2D eigenvalue weighted by molar-refractivity contribution is 7.89. The molecule has 0 saturated carbocycles. The Morgan fingerprint density at radius 3 is 2.62 bits per heavy atom. The van der Waals surface area contributed by atoms with Crippen molar-refractivity contribution >= 4 is 16.0 Å². The van der Waals surface area contributed by atoms with Gasteiger partial charge >= 0.3 is 5.97 Å². The van der Waals surface area contributed by atoms with Crippen molar-refractivity contribution in [2.75, 3.05) is 18.8 Å². The predicted molar refractivity (Wildman–Crippen MR) is 76.6 cm³/mol. The molecule has 0 bridgehead atoms. The number of aromatic carboxylic acids is 1. The second kappa shape index (κ2) is 6.59. The van der Waals surface area contributed by atoms with E-state index in [1.165, 1.54) is 10.4 Å². The average molecular weight is 316 g/mol. The second-order valence-corrected chi connectivity index (χ2v) is 7.28. The molecule has 0 amide bonds. The van der Waals surface area contributed by atoms with Gasteiger partial charge in [-0.25, -0.2) is 17.5 Å². The first-order valence-electron chi connectivity index (χ1n) is 6.95. The van der Waals surface area contributed by atoms with Crippen LogP contribution in [0.25, 0.3) is 0 Å². The van der Waals surface area contributed by atoms with Crippen LogP contribution in [0.15, 0.2) is 16.5 Å². The quantitative estimate of drug-likeness (QED) is 0.808. The van der Waals surface area contributed by atoms with E-state index in [0.29, 0.717) is 25.4 Å². The van der Waals surface area contributed by atoms with E-state index in [0.717, 1.165) is 12.8 Å². The Bertz CT molecular complexity index is 587. The lowest BCUT2D eigenvalue weighted by Gasteiger charge is -2.31. The van der Waals surface area contributed by atoms with Gasteiger partial charge in [-0.1, -0.05) is 0 Å². The third-order valence-electron chi connectivity index (χ3n) is 3.65. The van der Waals surface area contributed by atoms with Crippen molar-refractivity contribution in [1.82, 2.24) is 9.62 Å². The minimum atomic E-state index is -3.10. The number of rotatable bonds is 6. The number of nitrogens with zero attached hydrogens (tertiary/aromatic N) is 1. The topological polar surface area (TPSA) is 99.9 Å². The molecule has 8 heteroatoms. The summed E-state index contributed by atoms with van der Waals surface area (Å²) < 4.78 is 30.2. The highest BCUT2D eigenvalue weighted by Crippen LogP contribution is 2.15. The van der Waals surface area contributed by atoms with Gasteiger partial charge in [-0.05, 0) is 31.9 Å². The van der Waals surface area contributed by atoms with Crippen LogP contribution in [0.3, 0.4) is 0 Å². The molecule has 1 aliphatic heterocycles. The van der Waals surface area contributed by atoms with Crippen molar-refractivity contribution in [3.05, 3.63) is 23.7 Å². The molecular formula is C13H20N2O5S. The summed E-state index contributed by atoms with van der Waals surface area (Å²) in [5.41, 5.74) is 0. The number of furan rings is 1. The van der Waals surface area contributed by atoms with Gasteiger partial charge in [0.05, 0.1) is 12.3 Å². The Hall–Kier alpha value is -1.38. The van der Waals surface area contributed by atoms with Crippen LogP contribution in [-0.4, -0.2) is 48.7 Å². The molecule has 0 spiro atoms. The molecule has 1 saturated heterocycles. The molecule has 1 aromatic rings. The molecule has 118 valence electrons. The fourth-order valence-corrected chi connectivity index (χ4v) is 3.49. The van der Waals surface area contributed by atoms with E-state index in [9.17, 15) is 13.2 Å². The number of hydrogen-bond donors (Lipinski definition) is 2. The summed E-state index contributed by atoms with van der Waals surface area (Å²) >= 11 is 0. The number of carboxylic acid groups (broad SMARTS) is 1. The van der Waals surface area contributed by atoms with Gasteiger partial charge in [0.1, 0.15) is 5.76 Å². The van der Waals surface area contributed by atoms with Crippen molar-refractivity contribution in [3.8, 4) is 0 Å². The van der Waals surface area contributed by atoms with Crippen LogP contribution in [0.1, 0.15) is 36.1 Å². The molecule has 2 rings (SSSR count). The summed E-state index contributed by atoms with van der Waals surface area (Å²) in [6.07, 6.45) is 1.48. The van der Waals surface area contributed by atoms with Crippen LogP contribution in [0.5, 0.6) is 0 Å². The molecule has 2 heterocycles. The van der Waals surface area contributed by atoms with E-state index in [2.05, 4.69) is 5.32 Å². The van der Waals surface area contributed by atoms with E-state index in [1.807, 2.05) is 0 Å². The van der Waals surface area contributed by atoms with Crippen LogP contribution < -0.4 is 5.32 Å². The standard InChI is InChI=1S/C13H20N2O5S/c1-2-21(18,19)15-7-5-10(6-8-15)14-9-11-3-4-12(20-11)13(16)17/h3-4,10,14H,2,5-9H2,1H3,(H,16,17). The molecule has 1 fully saturated rings. The minimum absolute atomic E-state index is 0.0735. The van der Waals surface area contributed by atoms with Crippen molar-refractivity contribution < 1.29 is 22.7 Å². The third kappa shape index (κ3) is 4.05. The minimum Gasteiger partial charge on any atom is -0.475 e. The first-order chi connectivity index (χ1) is 9.92. The molecule has 21 heavy (non-hydrogen) atoms. The van der Waals surface area contributed by atoms with E-state index < -0.39 is 16.0 Å². The van der Waals surface area contributed by atoms with Gasteiger partial charge in [-0.3, -0.25) is 0 Å². The number of nitrogens with one attached hydrogen (secondary N) is 1. The lowest BCUT2D eigenvalue weighted by atomic mass is 10.1. The van der Waals surface area contributed by atoms with Gasteiger partial charge in [0.15, 0.2) is 0 Å². The van der Waals surface area contributed by atoms with Crippen LogP contribution >= 0.6 is 0 Å². The molecule has 0 radical (unpaired) electrons. The normalized spacial score (nSPS) is 18.0.